The van der Waals surface area contributed by atoms with Crippen molar-refractivity contribution in [1.29, 1.82) is 0 Å². The second-order valence-corrected chi connectivity index (χ2v) is 4.41. The van der Waals surface area contributed by atoms with Crippen LogP contribution < -0.4 is 5.73 Å². The maximum Gasteiger partial charge on any atom is 0.0649 e. The standard InChI is InChI=1S/C14H19N3/c1-3-11(2)14(15)13-9-10-16-17(13)12-7-5-4-6-8-12/h4-11,14H,3,15H2,1-2H3. The molecule has 0 aliphatic carbocycles. The third-order valence-electron chi connectivity index (χ3n) is 3.27. The number of nitrogens with two attached hydrogens (primary N) is 1. The molecule has 2 N–H and O–H groups in total. The van der Waals surface area contributed by atoms with Gasteiger partial charge in [0, 0.05) is 12.2 Å². The maximum atomic E-state index is 6.27. The molecule has 2 aromatic rings. The summed E-state index contributed by atoms with van der Waals surface area (Å²) in [6.45, 7) is 4.33. The van der Waals surface area contributed by atoms with E-state index in [1.807, 2.05) is 47.3 Å². The van der Waals surface area contributed by atoms with Crippen LogP contribution in [0.25, 0.3) is 5.69 Å². The van der Waals surface area contributed by atoms with Gasteiger partial charge in [-0.1, -0.05) is 38.5 Å². The molecule has 0 amide bonds. The molecule has 0 aliphatic heterocycles. The highest BCUT2D eigenvalue weighted by Gasteiger charge is 2.17. The molecule has 0 fully saturated rings. The number of hydrogen-bond donors (Lipinski definition) is 1. The minimum atomic E-state index is 0.0303. The second-order valence-electron chi connectivity index (χ2n) is 4.41. The third kappa shape index (κ3) is 2.39. The van der Waals surface area contributed by atoms with Gasteiger partial charge in [-0.05, 0) is 24.1 Å². The fraction of sp³-hybridized carbons (Fsp3) is 0.357. The van der Waals surface area contributed by atoms with Crippen LogP contribution in [0.2, 0.25) is 0 Å². The highest BCUT2D eigenvalue weighted by Crippen LogP contribution is 2.23. The summed E-state index contributed by atoms with van der Waals surface area (Å²) in [5.41, 5.74) is 8.41. The zero-order valence-electron chi connectivity index (χ0n) is 10.4. The molecular weight excluding hydrogens is 210 g/mol. The second kappa shape index (κ2) is 5.15. The first-order valence-electron chi connectivity index (χ1n) is 6.09. The molecule has 0 aliphatic rings. The minimum absolute atomic E-state index is 0.0303. The van der Waals surface area contributed by atoms with Crippen molar-refractivity contribution in [3.8, 4) is 5.69 Å². The Hall–Kier alpha value is -1.61. The lowest BCUT2D eigenvalue weighted by Crippen LogP contribution is -2.21. The highest BCUT2D eigenvalue weighted by molar-refractivity contribution is 5.33. The van der Waals surface area contributed by atoms with E-state index in [0.717, 1.165) is 17.8 Å². The van der Waals surface area contributed by atoms with Crippen LogP contribution in [0.3, 0.4) is 0 Å². The third-order valence-corrected chi connectivity index (χ3v) is 3.27. The van der Waals surface area contributed by atoms with Gasteiger partial charge in [-0.3, -0.25) is 0 Å². The maximum absolute atomic E-state index is 6.27. The molecule has 90 valence electrons. The van der Waals surface area contributed by atoms with Crippen LogP contribution in [0.15, 0.2) is 42.6 Å². The number of nitrogens with zero attached hydrogens (tertiary/aromatic N) is 2. The van der Waals surface area contributed by atoms with Crippen molar-refractivity contribution in [1.82, 2.24) is 9.78 Å². The minimum Gasteiger partial charge on any atom is -0.322 e. The quantitative estimate of drug-likeness (QED) is 0.876. The number of hydrogen-bond acceptors (Lipinski definition) is 2. The Bertz CT molecular complexity index is 461. The first-order valence-corrected chi connectivity index (χ1v) is 6.09. The predicted molar refractivity (Wildman–Crippen MR) is 69.9 cm³/mol. The van der Waals surface area contributed by atoms with Crippen LogP contribution in [0.1, 0.15) is 32.0 Å². The van der Waals surface area contributed by atoms with Crippen molar-refractivity contribution >= 4 is 0 Å². The van der Waals surface area contributed by atoms with Crippen molar-refractivity contribution in [3.63, 3.8) is 0 Å². The molecule has 2 atom stereocenters. The van der Waals surface area contributed by atoms with Gasteiger partial charge in [0.1, 0.15) is 0 Å². The smallest absolute Gasteiger partial charge is 0.0649 e. The summed E-state index contributed by atoms with van der Waals surface area (Å²) >= 11 is 0. The van der Waals surface area contributed by atoms with Gasteiger partial charge < -0.3 is 5.73 Å². The predicted octanol–water partition coefficient (Wildman–Crippen LogP) is 2.92. The summed E-state index contributed by atoms with van der Waals surface area (Å²) in [5.74, 6) is 0.453. The van der Waals surface area contributed by atoms with Crippen LogP contribution in [-0.2, 0) is 0 Å². The van der Waals surface area contributed by atoms with Crippen molar-refractivity contribution in [2.24, 2.45) is 11.7 Å². The molecule has 0 radical (unpaired) electrons. The van der Waals surface area contributed by atoms with E-state index in [4.69, 9.17) is 5.73 Å². The lowest BCUT2D eigenvalue weighted by atomic mass is 9.97. The van der Waals surface area contributed by atoms with Crippen molar-refractivity contribution in [2.45, 2.75) is 26.3 Å². The fourth-order valence-corrected chi connectivity index (χ4v) is 1.90. The number of aromatic nitrogens is 2. The normalized spacial score (nSPS) is 14.5. The summed E-state index contributed by atoms with van der Waals surface area (Å²) in [7, 11) is 0. The van der Waals surface area contributed by atoms with Crippen LogP contribution in [0.5, 0.6) is 0 Å². The van der Waals surface area contributed by atoms with Gasteiger partial charge in [-0.15, -0.1) is 0 Å². The van der Waals surface area contributed by atoms with Gasteiger partial charge in [0.15, 0.2) is 0 Å². The molecule has 1 aromatic carbocycles. The largest absolute Gasteiger partial charge is 0.322 e. The van der Waals surface area contributed by atoms with Gasteiger partial charge in [-0.2, -0.15) is 5.10 Å². The number of rotatable bonds is 4. The molecule has 2 rings (SSSR count). The molecule has 0 bridgehead atoms. The molecule has 3 nitrogen and oxygen atoms in total. The summed E-state index contributed by atoms with van der Waals surface area (Å²) < 4.78 is 1.93. The van der Waals surface area contributed by atoms with E-state index in [0.29, 0.717) is 5.92 Å². The molecule has 1 heterocycles. The van der Waals surface area contributed by atoms with Gasteiger partial charge >= 0.3 is 0 Å². The van der Waals surface area contributed by atoms with Gasteiger partial charge in [0.05, 0.1) is 11.4 Å². The fourth-order valence-electron chi connectivity index (χ4n) is 1.90. The van der Waals surface area contributed by atoms with E-state index in [2.05, 4.69) is 18.9 Å². The van der Waals surface area contributed by atoms with E-state index in [1.54, 1.807) is 0 Å². The summed E-state index contributed by atoms with van der Waals surface area (Å²) in [4.78, 5) is 0. The van der Waals surface area contributed by atoms with E-state index in [-0.39, 0.29) is 6.04 Å². The zero-order chi connectivity index (χ0) is 12.3. The Labute approximate surface area is 102 Å². The van der Waals surface area contributed by atoms with Gasteiger partial charge in [0.2, 0.25) is 0 Å². The van der Waals surface area contributed by atoms with E-state index >= 15 is 0 Å². The number of para-hydroxylation sites is 1. The monoisotopic (exact) mass is 229 g/mol. The summed E-state index contributed by atoms with van der Waals surface area (Å²) in [6.07, 6.45) is 2.88. The van der Waals surface area contributed by atoms with E-state index in [9.17, 15) is 0 Å². The molecule has 0 saturated heterocycles. The molecule has 0 saturated carbocycles. The Balaban J connectivity index is 2.35. The average Bonchev–Trinajstić information content (AvgIpc) is 2.87. The molecule has 2 unspecified atom stereocenters. The van der Waals surface area contributed by atoms with Crippen molar-refractivity contribution < 1.29 is 0 Å². The molecule has 0 spiro atoms. The summed E-state index contributed by atoms with van der Waals surface area (Å²) in [6, 6.07) is 12.1. The van der Waals surface area contributed by atoms with E-state index in [1.165, 1.54) is 0 Å². The van der Waals surface area contributed by atoms with Gasteiger partial charge in [-0.25, -0.2) is 4.68 Å². The Kier molecular flexibility index (Phi) is 3.59. The number of benzene rings is 1. The highest BCUT2D eigenvalue weighted by atomic mass is 15.3. The van der Waals surface area contributed by atoms with E-state index < -0.39 is 0 Å². The topological polar surface area (TPSA) is 43.8 Å². The lowest BCUT2D eigenvalue weighted by Gasteiger charge is -2.19. The van der Waals surface area contributed by atoms with Crippen LogP contribution in [-0.4, -0.2) is 9.78 Å². The van der Waals surface area contributed by atoms with Gasteiger partial charge in [0.25, 0.3) is 0 Å². The summed E-state index contributed by atoms with van der Waals surface area (Å²) in [5, 5.41) is 4.36. The first-order chi connectivity index (χ1) is 8.24. The Morgan fingerprint density at radius 3 is 2.59 bits per heavy atom. The SMILES string of the molecule is CCC(C)C(N)c1ccnn1-c1ccccc1. The molecule has 1 aromatic heterocycles. The van der Waals surface area contributed by atoms with Crippen LogP contribution in [0, 0.1) is 5.92 Å². The molecular formula is C14H19N3. The average molecular weight is 229 g/mol. The van der Waals surface area contributed by atoms with Crippen LogP contribution in [0.4, 0.5) is 0 Å². The first kappa shape index (κ1) is 11.9. The van der Waals surface area contributed by atoms with Crippen molar-refractivity contribution in [2.75, 3.05) is 0 Å². The zero-order valence-corrected chi connectivity index (χ0v) is 10.4. The Morgan fingerprint density at radius 2 is 1.94 bits per heavy atom. The Morgan fingerprint density at radius 1 is 1.24 bits per heavy atom. The van der Waals surface area contributed by atoms with Crippen molar-refractivity contribution in [3.05, 3.63) is 48.3 Å². The molecule has 3 heteroatoms. The van der Waals surface area contributed by atoms with Crippen LogP contribution >= 0.6 is 0 Å². The lowest BCUT2D eigenvalue weighted by molar-refractivity contribution is 0.440. The molecule has 17 heavy (non-hydrogen) atoms.